The topological polar surface area (TPSA) is 70.0 Å². The molecular weight excluding hydrogens is 243 g/mol. The van der Waals surface area contributed by atoms with E-state index in [2.05, 4.69) is 4.72 Å². The third kappa shape index (κ3) is 2.30. The van der Waals surface area contributed by atoms with E-state index in [0.29, 0.717) is 12.8 Å². The standard InChI is InChI=1S/C11H11FN2O2S/c12-9-2-4-10(5-3-9)17(15,16)14-11(8-13)6-1-7-11/h2-5,14H,1,6-7H2. The fraction of sp³-hybridized carbons (Fsp3) is 0.364. The molecule has 0 spiro atoms. The number of nitriles is 1. The molecule has 0 saturated heterocycles. The first-order valence-electron chi connectivity index (χ1n) is 5.18. The van der Waals surface area contributed by atoms with Crippen LogP contribution < -0.4 is 4.72 Å². The molecule has 1 aliphatic carbocycles. The van der Waals surface area contributed by atoms with Crippen LogP contribution in [0.15, 0.2) is 29.2 Å². The van der Waals surface area contributed by atoms with Gasteiger partial charge in [0, 0.05) is 0 Å². The summed E-state index contributed by atoms with van der Waals surface area (Å²) < 4.78 is 38.9. The highest BCUT2D eigenvalue weighted by Crippen LogP contribution is 2.32. The number of rotatable bonds is 3. The van der Waals surface area contributed by atoms with Crippen LogP contribution in [-0.4, -0.2) is 14.0 Å². The van der Waals surface area contributed by atoms with Crippen LogP contribution in [0.4, 0.5) is 4.39 Å². The minimum atomic E-state index is -3.75. The molecule has 1 N–H and O–H groups in total. The molecule has 1 aromatic rings. The van der Waals surface area contributed by atoms with E-state index >= 15 is 0 Å². The molecule has 17 heavy (non-hydrogen) atoms. The average Bonchev–Trinajstić information content (AvgIpc) is 2.24. The number of nitrogens with zero attached hydrogens (tertiary/aromatic N) is 1. The number of benzene rings is 1. The Morgan fingerprint density at radius 2 is 1.88 bits per heavy atom. The lowest BCUT2D eigenvalue weighted by Crippen LogP contribution is -2.52. The molecule has 1 fully saturated rings. The zero-order chi connectivity index (χ0) is 12.5. The largest absolute Gasteiger partial charge is 0.241 e. The van der Waals surface area contributed by atoms with Gasteiger partial charge >= 0.3 is 0 Å². The van der Waals surface area contributed by atoms with E-state index in [-0.39, 0.29) is 4.90 Å². The predicted molar refractivity (Wildman–Crippen MR) is 58.9 cm³/mol. The number of sulfonamides is 1. The van der Waals surface area contributed by atoms with Gasteiger partial charge in [0.25, 0.3) is 0 Å². The summed E-state index contributed by atoms with van der Waals surface area (Å²) in [5.41, 5.74) is -0.979. The van der Waals surface area contributed by atoms with Crippen molar-refractivity contribution in [3.8, 4) is 6.07 Å². The van der Waals surface area contributed by atoms with Crippen LogP contribution in [0.1, 0.15) is 19.3 Å². The molecule has 2 rings (SSSR count). The minimum absolute atomic E-state index is 0.0274. The lowest BCUT2D eigenvalue weighted by Gasteiger charge is -2.35. The Balaban J connectivity index is 2.26. The molecule has 0 bridgehead atoms. The summed E-state index contributed by atoms with van der Waals surface area (Å²) in [4.78, 5) is -0.0274. The third-order valence-electron chi connectivity index (χ3n) is 2.87. The monoisotopic (exact) mass is 254 g/mol. The van der Waals surface area contributed by atoms with Gasteiger partial charge in [-0.2, -0.15) is 9.98 Å². The van der Waals surface area contributed by atoms with Gasteiger partial charge < -0.3 is 0 Å². The molecule has 0 aliphatic heterocycles. The number of halogens is 1. The van der Waals surface area contributed by atoms with Crippen LogP contribution in [0.5, 0.6) is 0 Å². The second-order valence-electron chi connectivity index (χ2n) is 4.11. The zero-order valence-electron chi connectivity index (χ0n) is 8.98. The van der Waals surface area contributed by atoms with Gasteiger partial charge in [0.15, 0.2) is 0 Å². The maximum Gasteiger partial charge on any atom is 0.241 e. The van der Waals surface area contributed by atoms with Gasteiger partial charge in [0.05, 0.1) is 11.0 Å². The van der Waals surface area contributed by atoms with Gasteiger partial charge in [0.1, 0.15) is 11.4 Å². The van der Waals surface area contributed by atoms with Crippen molar-refractivity contribution in [2.24, 2.45) is 0 Å². The second-order valence-corrected chi connectivity index (χ2v) is 5.79. The average molecular weight is 254 g/mol. The molecule has 0 radical (unpaired) electrons. The van der Waals surface area contributed by atoms with Crippen LogP contribution >= 0.6 is 0 Å². The highest BCUT2D eigenvalue weighted by Gasteiger charge is 2.41. The molecule has 90 valence electrons. The van der Waals surface area contributed by atoms with Crippen LogP contribution in [0.25, 0.3) is 0 Å². The fourth-order valence-corrected chi connectivity index (χ4v) is 3.07. The summed E-state index contributed by atoms with van der Waals surface area (Å²) in [6, 6.07) is 6.51. The molecule has 0 amide bonds. The van der Waals surface area contributed by atoms with Gasteiger partial charge in [0.2, 0.25) is 10.0 Å². The Morgan fingerprint density at radius 3 is 2.29 bits per heavy atom. The van der Waals surface area contributed by atoms with Crippen molar-refractivity contribution in [2.75, 3.05) is 0 Å². The van der Waals surface area contributed by atoms with E-state index in [0.717, 1.165) is 18.6 Å². The Labute approximate surface area is 99.1 Å². The maximum atomic E-state index is 12.7. The molecule has 4 nitrogen and oxygen atoms in total. The molecule has 0 heterocycles. The SMILES string of the molecule is N#CC1(NS(=O)(=O)c2ccc(F)cc2)CCC1. The first-order chi connectivity index (χ1) is 7.97. The molecule has 0 atom stereocenters. The van der Waals surface area contributed by atoms with E-state index in [1.165, 1.54) is 12.1 Å². The van der Waals surface area contributed by atoms with Gasteiger partial charge in [-0.1, -0.05) is 0 Å². The van der Waals surface area contributed by atoms with Crippen LogP contribution in [-0.2, 0) is 10.0 Å². The van der Waals surface area contributed by atoms with E-state index < -0.39 is 21.4 Å². The van der Waals surface area contributed by atoms with Crippen LogP contribution in [0.2, 0.25) is 0 Å². The normalized spacial score (nSPS) is 18.1. The Kier molecular flexibility index (Phi) is 2.89. The maximum absolute atomic E-state index is 12.7. The molecule has 0 unspecified atom stereocenters. The van der Waals surface area contributed by atoms with Crippen molar-refractivity contribution in [3.05, 3.63) is 30.1 Å². The Bertz CT molecular complexity index is 556. The highest BCUT2D eigenvalue weighted by atomic mass is 32.2. The number of hydrogen-bond donors (Lipinski definition) is 1. The fourth-order valence-electron chi connectivity index (χ4n) is 1.70. The van der Waals surface area contributed by atoms with Gasteiger partial charge in [-0.05, 0) is 43.5 Å². The van der Waals surface area contributed by atoms with Gasteiger partial charge in [-0.15, -0.1) is 0 Å². The summed E-state index contributed by atoms with van der Waals surface area (Å²) in [5.74, 6) is -0.498. The number of hydrogen-bond acceptors (Lipinski definition) is 3. The van der Waals surface area contributed by atoms with Crippen molar-refractivity contribution in [3.63, 3.8) is 0 Å². The predicted octanol–water partition coefficient (Wildman–Crippen LogP) is 1.55. The molecule has 1 saturated carbocycles. The van der Waals surface area contributed by atoms with E-state index in [4.69, 9.17) is 5.26 Å². The summed E-state index contributed by atoms with van der Waals surface area (Å²) in [5, 5.41) is 8.95. The van der Waals surface area contributed by atoms with Gasteiger partial charge in [-0.3, -0.25) is 0 Å². The molecule has 1 aliphatic rings. The first kappa shape index (κ1) is 12.0. The van der Waals surface area contributed by atoms with Gasteiger partial charge in [-0.25, -0.2) is 12.8 Å². The lowest BCUT2D eigenvalue weighted by atomic mass is 9.79. The molecule has 1 aromatic carbocycles. The zero-order valence-corrected chi connectivity index (χ0v) is 9.80. The van der Waals surface area contributed by atoms with Crippen molar-refractivity contribution in [1.82, 2.24) is 4.72 Å². The van der Waals surface area contributed by atoms with Crippen molar-refractivity contribution < 1.29 is 12.8 Å². The molecule has 0 aromatic heterocycles. The quantitative estimate of drug-likeness (QED) is 0.889. The van der Waals surface area contributed by atoms with Crippen molar-refractivity contribution in [2.45, 2.75) is 29.7 Å². The highest BCUT2D eigenvalue weighted by molar-refractivity contribution is 7.89. The second kappa shape index (κ2) is 4.09. The van der Waals surface area contributed by atoms with Crippen LogP contribution in [0.3, 0.4) is 0 Å². The van der Waals surface area contributed by atoms with Crippen molar-refractivity contribution >= 4 is 10.0 Å². The van der Waals surface area contributed by atoms with Crippen LogP contribution in [0, 0.1) is 17.1 Å². The van der Waals surface area contributed by atoms with Crippen molar-refractivity contribution in [1.29, 1.82) is 5.26 Å². The number of nitrogens with one attached hydrogen (secondary N) is 1. The summed E-state index contributed by atoms with van der Waals surface area (Å²) in [6.45, 7) is 0. The van der Waals surface area contributed by atoms with E-state index in [9.17, 15) is 12.8 Å². The Morgan fingerprint density at radius 1 is 1.29 bits per heavy atom. The minimum Gasteiger partial charge on any atom is -0.207 e. The molecule has 6 heteroatoms. The van der Waals surface area contributed by atoms with E-state index in [1.807, 2.05) is 6.07 Å². The lowest BCUT2D eigenvalue weighted by molar-refractivity contribution is 0.296. The summed E-state index contributed by atoms with van der Waals surface area (Å²) in [6.07, 6.45) is 1.87. The Hall–Kier alpha value is -1.45. The third-order valence-corrected chi connectivity index (χ3v) is 4.43. The summed E-state index contributed by atoms with van der Waals surface area (Å²) >= 11 is 0. The molecular formula is C11H11FN2O2S. The summed E-state index contributed by atoms with van der Waals surface area (Å²) in [7, 11) is -3.75. The smallest absolute Gasteiger partial charge is 0.207 e. The first-order valence-corrected chi connectivity index (χ1v) is 6.67. The van der Waals surface area contributed by atoms with E-state index in [1.54, 1.807) is 0 Å².